The van der Waals surface area contributed by atoms with Crippen LogP contribution in [0.3, 0.4) is 0 Å². The average molecular weight is 864 g/mol. The lowest BCUT2D eigenvalue weighted by molar-refractivity contribution is -0.0938. The van der Waals surface area contributed by atoms with Crippen LogP contribution >= 0.6 is 7.75 Å². The van der Waals surface area contributed by atoms with E-state index in [0.29, 0.717) is 22.6 Å². The molecule has 1 aliphatic rings. The van der Waals surface area contributed by atoms with E-state index in [4.69, 9.17) is 28.0 Å². The molecule has 0 saturated carbocycles. The van der Waals surface area contributed by atoms with Gasteiger partial charge in [-0.2, -0.15) is 10.2 Å². The molecule has 6 rings (SSSR count). The van der Waals surface area contributed by atoms with E-state index < -0.39 is 43.4 Å². The van der Waals surface area contributed by atoms with Gasteiger partial charge in [-0.1, -0.05) is 72.8 Å². The number of methoxy groups -OCH3 is 2. The van der Waals surface area contributed by atoms with Crippen molar-refractivity contribution in [2.24, 2.45) is 0 Å². The first-order valence-corrected chi connectivity index (χ1v) is 22.0. The predicted octanol–water partition coefficient (Wildman–Crippen LogP) is 8.66. The van der Waals surface area contributed by atoms with Gasteiger partial charge in [0, 0.05) is 35.8 Å². The summed E-state index contributed by atoms with van der Waals surface area (Å²) in [6.45, 7) is 9.04. The molecule has 0 aliphatic carbocycles. The highest BCUT2D eigenvalue weighted by atomic mass is 31.2. The third-order valence-corrected chi connectivity index (χ3v) is 13.1. The second kappa shape index (κ2) is 20.5. The Bertz CT molecular complexity index is 2350. The van der Waals surface area contributed by atoms with Gasteiger partial charge in [-0.25, -0.2) is 14.0 Å². The van der Waals surface area contributed by atoms with E-state index >= 15 is 4.57 Å². The molecular formula is C47H54N5O9P. The van der Waals surface area contributed by atoms with Crippen molar-refractivity contribution in [1.82, 2.24) is 14.2 Å². The molecule has 1 aromatic heterocycles. The van der Waals surface area contributed by atoms with Crippen LogP contribution in [-0.2, 0) is 28.7 Å². The number of amides is 1. The molecule has 2 heterocycles. The second-order valence-electron chi connectivity index (χ2n) is 15.4. The lowest BCUT2D eigenvalue weighted by atomic mass is 9.80. The highest BCUT2D eigenvalue weighted by Gasteiger charge is 2.48. The Labute approximate surface area is 362 Å². The van der Waals surface area contributed by atoms with Crippen LogP contribution in [0.5, 0.6) is 11.5 Å². The van der Waals surface area contributed by atoms with Crippen LogP contribution in [0, 0.1) is 18.3 Å². The summed E-state index contributed by atoms with van der Waals surface area (Å²) >= 11 is 0. The highest BCUT2D eigenvalue weighted by molar-refractivity contribution is 7.51. The fourth-order valence-corrected chi connectivity index (χ4v) is 10.1. The number of nitriles is 1. The topological polar surface area (TPSA) is 163 Å². The summed E-state index contributed by atoms with van der Waals surface area (Å²) in [5.74, 6) is 1.02. The molecule has 1 aliphatic heterocycles. The van der Waals surface area contributed by atoms with Gasteiger partial charge in [0.15, 0.2) is 0 Å². The fourth-order valence-electron chi connectivity index (χ4n) is 7.77. The lowest BCUT2D eigenvalue weighted by Gasteiger charge is -2.39. The van der Waals surface area contributed by atoms with Crippen LogP contribution in [0.4, 0.5) is 5.82 Å². The second-order valence-corrected chi connectivity index (χ2v) is 17.3. The summed E-state index contributed by atoms with van der Waals surface area (Å²) in [7, 11) is -0.932. The van der Waals surface area contributed by atoms with Gasteiger partial charge in [-0.05, 0) is 87.7 Å². The number of anilines is 1. The van der Waals surface area contributed by atoms with Crippen molar-refractivity contribution in [3.8, 4) is 17.6 Å². The van der Waals surface area contributed by atoms with Crippen LogP contribution in [-0.4, -0.2) is 71.9 Å². The predicted molar refractivity (Wildman–Crippen MR) is 235 cm³/mol. The molecule has 1 fully saturated rings. The minimum absolute atomic E-state index is 0.00940. The molecule has 14 nitrogen and oxygen atoms in total. The number of carbonyl (C=O) groups is 1. The monoisotopic (exact) mass is 863 g/mol. The number of ether oxygens (including phenoxy) is 4. The number of hydrogen-bond acceptors (Lipinski definition) is 11. The Morgan fingerprint density at radius 2 is 1.45 bits per heavy atom. The van der Waals surface area contributed by atoms with Crippen molar-refractivity contribution < 1.29 is 37.4 Å². The number of aromatic nitrogens is 2. The van der Waals surface area contributed by atoms with Crippen LogP contribution in [0.25, 0.3) is 0 Å². The van der Waals surface area contributed by atoms with Crippen molar-refractivity contribution in [2.75, 3.05) is 32.8 Å². The summed E-state index contributed by atoms with van der Waals surface area (Å²) in [5.41, 5.74) is 1.36. The van der Waals surface area contributed by atoms with Gasteiger partial charge in [0.2, 0.25) is 0 Å². The van der Waals surface area contributed by atoms with Crippen LogP contribution in [0.2, 0.25) is 0 Å². The number of nitrogens with one attached hydrogen (secondary N) is 1. The van der Waals surface area contributed by atoms with Crippen molar-refractivity contribution in [3.05, 3.63) is 154 Å². The number of rotatable bonds is 19. The van der Waals surface area contributed by atoms with Crippen molar-refractivity contribution in [1.29, 1.82) is 5.26 Å². The Morgan fingerprint density at radius 1 is 0.903 bits per heavy atom. The molecule has 4 atom stereocenters. The average Bonchev–Trinajstić information content (AvgIpc) is 3.67. The molecule has 4 aromatic carbocycles. The Hall–Kier alpha value is -5.65. The molecule has 1 saturated heterocycles. The first kappa shape index (κ1) is 45.9. The molecule has 1 amide bonds. The molecule has 0 bridgehead atoms. The van der Waals surface area contributed by atoms with Gasteiger partial charge in [0.1, 0.15) is 41.4 Å². The molecular weight excluding hydrogens is 810 g/mol. The summed E-state index contributed by atoms with van der Waals surface area (Å²) in [6.07, 6.45) is -1.25. The van der Waals surface area contributed by atoms with Gasteiger partial charge in [0.25, 0.3) is 5.91 Å². The van der Waals surface area contributed by atoms with E-state index in [0.717, 1.165) is 16.7 Å². The summed E-state index contributed by atoms with van der Waals surface area (Å²) in [5, 5.41) is 12.1. The Balaban J connectivity index is 1.43. The number of carbonyl (C=O) groups excluding carboxylic acids is 1. The molecule has 1 N–H and O–H groups in total. The minimum atomic E-state index is -4.14. The van der Waals surface area contributed by atoms with Gasteiger partial charge in [0.05, 0.1) is 39.9 Å². The standard InChI is InChI=1S/C47H54N5O9P/c1-32(2)52(33(3)4)62(55,59-28-14-27-48)61-41-29-43(51-30-34(5)44(50-46(51)54)49-45(53)35-15-10-8-11-16-35)60-42(41)31-58-47(36-17-12-9-13-18-36,37-19-23-39(56-6)24-20-37)38-21-25-40(57-7)26-22-38/h8-13,15-26,30,32-33,41-43H,14,28-29,31H2,1-7H3,(H,49,50,53,54)/t41-,42+,43-,62+/m0/s1. The van der Waals surface area contributed by atoms with Gasteiger partial charge < -0.3 is 24.3 Å². The normalized spacial score (nSPS) is 17.5. The van der Waals surface area contributed by atoms with E-state index in [1.54, 1.807) is 62.3 Å². The maximum Gasteiger partial charge on any atom is 0.409 e. The van der Waals surface area contributed by atoms with Crippen molar-refractivity contribution in [3.63, 3.8) is 0 Å². The smallest absolute Gasteiger partial charge is 0.409 e. The quantitative estimate of drug-likeness (QED) is 0.0478. The Kier molecular flexibility index (Phi) is 15.2. The largest absolute Gasteiger partial charge is 0.497 e. The first-order chi connectivity index (χ1) is 29.8. The van der Waals surface area contributed by atoms with E-state index in [1.807, 2.05) is 107 Å². The number of aryl methyl sites for hydroxylation is 1. The molecule has 0 spiro atoms. The SMILES string of the molecule is COc1ccc(C(OC[C@H]2O[C@H](n3cc(C)c(NC(=O)c4ccccc4)nc3=O)C[C@@H]2O[P@](=O)(OCCC#N)N(C(C)C)C(C)C)(c2ccccc2)c2ccc(OC)cc2)cc1. The first-order valence-electron chi connectivity index (χ1n) is 20.5. The van der Waals surface area contributed by atoms with E-state index in [-0.39, 0.29) is 44.0 Å². The summed E-state index contributed by atoms with van der Waals surface area (Å²) in [4.78, 5) is 31.1. The fraction of sp³-hybridized carbons (Fsp3) is 0.362. The number of nitrogens with zero attached hydrogens (tertiary/aromatic N) is 4. The summed E-state index contributed by atoms with van der Waals surface area (Å²) in [6, 6.07) is 35.1. The van der Waals surface area contributed by atoms with Gasteiger partial charge in [-0.15, -0.1) is 0 Å². The zero-order valence-corrected chi connectivity index (χ0v) is 37.0. The van der Waals surface area contributed by atoms with Crippen molar-refractivity contribution in [2.45, 2.75) is 83.6 Å². The molecule has 62 heavy (non-hydrogen) atoms. The maximum absolute atomic E-state index is 15.1. The molecule has 5 aromatic rings. The number of benzene rings is 4. The Morgan fingerprint density at radius 3 is 1.98 bits per heavy atom. The van der Waals surface area contributed by atoms with E-state index in [1.165, 1.54) is 4.57 Å². The molecule has 0 unspecified atom stereocenters. The van der Waals surface area contributed by atoms with Crippen LogP contribution in [0.1, 0.15) is 79.4 Å². The number of hydrogen-bond donors (Lipinski definition) is 1. The van der Waals surface area contributed by atoms with Gasteiger partial charge >= 0.3 is 13.4 Å². The van der Waals surface area contributed by atoms with Crippen molar-refractivity contribution >= 4 is 19.5 Å². The third kappa shape index (κ3) is 10.2. The molecule has 15 heteroatoms. The van der Waals surface area contributed by atoms with E-state index in [2.05, 4.69) is 16.4 Å². The highest BCUT2D eigenvalue weighted by Crippen LogP contribution is 2.57. The lowest BCUT2D eigenvalue weighted by Crippen LogP contribution is -2.40. The maximum atomic E-state index is 15.1. The zero-order chi connectivity index (χ0) is 44.4. The molecule has 326 valence electrons. The zero-order valence-electron chi connectivity index (χ0n) is 36.1. The third-order valence-electron chi connectivity index (χ3n) is 10.6. The van der Waals surface area contributed by atoms with E-state index in [9.17, 15) is 14.9 Å². The van der Waals surface area contributed by atoms with Gasteiger partial charge in [-0.3, -0.25) is 18.4 Å². The van der Waals surface area contributed by atoms with Crippen LogP contribution in [0.15, 0.2) is 120 Å². The molecule has 0 radical (unpaired) electrons. The summed E-state index contributed by atoms with van der Waals surface area (Å²) < 4.78 is 55.8. The van der Waals surface area contributed by atoms with Crippen LogP contribution < -0.4 is 20.5 Å². The minimum Gasteiger partial charge on any atom is -0.497 e.